The van der Waals surface area contributed by atoms with Crippen molar-refractivity contribution in [1.29, 1.82) is 0 Å². The maximum absolute atomic E-state index is 2.48. The normalized spacial score (nSPS) is 13.0. The van der Waals surface area contributed by atoms with Gasteiger partial charge >= 0.3 is 0 Å². The Labute approximate surface area is 282 Å². The average molecular weight is 614 g/mol. The van der Waals surface area contributed by atoms with E-state index in [1.807, 2.05) is 0 Å². The van der Waals surface area contributed by atoms with Crippen molar-refractivity contribution in [3.63, 3.8) is 0 Å². The molecule has 1 aliphatic carbocycles. The van der Waals surface area contributed by atoms with Crippen molar-refractivity contribution in [3.05, 3.63) is 187 Å². The smallest absolute Gasteiger partial charge is 0.0543 e. The van der Waals surface area contributed by atoms with Gasteiger partial charge < -0.3 is 4.90 Å². The fourth-order valence-electron chi connectivity index (χ4n) is 7.78. The molecule has 0 N–H and O–H groups in total. The molecular weight excluding hydrogens is 579 g/mol. The van der Waals surface area contributed by atoms with Gasteiger partial charge in [-0.15, -0.1) is 0 Å². The summed E-state index contributed by atoms with van der Waals surface area (Å²) in [7, 11) is 0. The Morgan fingerprint density at radius 3 is 1.81 bits per heavy atom. The topological polar surface area (TPSA) is 3.24 Å². The Bertz CT molecular complexity index is 2480. The zero-order valence-corrected chi connectivity index (χ0v) is 27.2. The predicted octanol–water partition coefficient (Wildman–Crippen LogP) is 13.1. The van der Waals surface area contributed by atoms with Crippen molar-refractivity contribution < 1.29 is 0 Å². The summed E-state index contributed by atoms with van der Waals surface area (Å²) in [5, 5.41) is 4.99. The minimum absolute atomic E-state index is 0.0823. The number of rotatable bonds is 5. The fraction of sp³-hybridized carbons (Fsp3) is 0.0638. The van der Waals surface area contributed by atoms with Crippen LogP contribution in [0.25, 0.3) is 54.9 Å². The van der Waals surface area contributed by atoms with Gasteiger partial charge in [-0.3, -0.25) is 0 Å². The summed E-state index contributed by atoms with van der Waals surface area (Å²) in [6.45, 7) is 4.71. The molecular formula is C47H35N. The van der Waals surface area contributed by atoms with E-state index in [0.29, 0.717) is 0 Å². The van der Waals surface area contributed by atoms with Gasteiger partial charge in [0.05, 0.1) is 11.4 Å². The summed E-state index contributed by atoms with van der Waals surface area (Å²) < 4.78 is 0. The van der Waals surface area contributed by atoms with Crippen LogP contribution in [0.2, 0.25) is 0 Å². The van der Waals surface area contributed by atoms with Crippen LogP contribution in [0.15, 0.2) is 176 Å². The Hall–Kier alpha value is -5.92. The van der Waals surface area contributed by atoms with Gasteiger partial charge in [0, 0.05) is 22.1 Å². The van der Waals surface area contributed by atoms with Crippen LogP contribution in [-0.4, -0.2) is 0 Å². The van der Waals surface area contributed by atoms with Crippen molar-refractivity contribution in [3.8, 4) is 33.4 Å². The molecule has 0 bridgehead atoms. The Balaban J connectivity index is 1.20. The summed E-state index contributed by atoms with van der Waals surface area (Å²) in [6, 6.07) is 64.4. The Kier molecular flexibility index (Phi) is 6.55. The second kappa shape index (κ2) is 11.1. The quantitative estimate of drug-likeness (QED) is 0.187. The van der Waals surface area contributed by atoms with Crippen molar-refractivity contribution in [2.24, 2.45) is 0 Å². The SMILES string of the molecule is CC1(C)c2ccccc2-c2c(N(c3cccc(-c4ccc(-c5ccc6ccccc6c5)cc4)c3)c3cccc4ccccc34)cccc21. The maximum Gasteiger partial charge on any atom is 0.0543 e. The third-order valence-electron chi connectivity index (χ3n) is 10.2. The minimum atomic E-state index is -0.0823. The largest absolute Gasteiger partial charge is 0.309 e. The van der Waals surface area contributed by atoms with Gasteiger partial charge in [-0.1, -0.05) is 159 Å². The molecule has 0 aromatic heterocycles. The van der Waals surface area contributed by atoms with Crippen molar-refractivity contribution in [2.75, 3.05) is 4.90 Å². The van der Waals surface area contributed by atoms with Gasteiger partial charge in [0.1, 0.15) is 0 Å². The first kappa shape index (κ1) is 28.3. The highest BCUT2D eigenvalue weighted by molar-refractivity contribution is 6.03. The lowest BCUT2D eigenvalue weighted by Crippen LogP contribution is -2.16. The fourth-order valence-corrected chi connectivity index (χ4v) is 7.78. The van der Waals surface area contributed by atoms with Gasteiger partial charge in [-0.2, -0.15) is 0 Å². The second-order valence-electron chi connectivity index (χ2n) is 13.4. The Morgan fingerprint density at radius 2 is 0.979 bits per heavy atom. The molecule has 0 atom stereocenters. The molecule has 0 aliphatic heterocycles. The van der Waals surface area contributed by atoms with Gasteiger partial charge in [-0.25, -0.2) is 0 Å². The van der Waals surface area contributed by atoms with Gasteiger partial charge in [0.2, 0.25) is 0 Å². The molecule has 0 heterocycles. The second-order valence-corrected chi connectivity index (χ2v) is 13.4. The van der Waals surface area contributed by atoms with Crippen molar-refractivity contribution in [1.82, 2.24) is 0 Å². The zero-order valence-electron chi connectivity index (χ0n) is 27.2. The van der Waals surface area contributed by atoms with Crippen molar-refractivity contribution >= 4 is 38.6 Å². The van der Waals surface area contributed by atoms with Gasteiger partial charge in [0.15, 0.2) is 0 Å². The van der Waals surface area contributed by atoms with Gasteiger partial charge in [0.25, 0.3) is 0 Å². The van der Waals surface area contributed by atoms with Crippen LogP contribution >= 0.6 is 0 Å². The molecule has 9 rings (SSSR count). The molecule has 8 aromatic rings. The summed E-state index contributed by atoms with van der Waals surface area (Å²) in [5.41, 5.74) is 13.7. The number of hydrogen-bond donors (Lipinski definition) is 0. The lowest BCUT2D eigenvalue weighted by atomic mass is 9.82. The van der Waals surface area contributed by atoms with E-state index in [4.69, 9.17) is 0 Å². The Morgan fingerprint density at radius 1 is 0.396 bits per heavy atom. The highest BCUT2D eigenvalue weighted by Crippen LogP contribution is 2.54. The molecule has 0 fully saturated rings. The van der Waals surface area contributed by atoms with E-state index in [1.165, 1.54) is 77.4 Å². The van der Waals surface area contributed by atoms with E-state index >= 15 is 0 Å². The van der Waals surface area contributed by atoms with E-state index in [0.717, 1.165) is 5.69 Å². The lowest BCUT2D eigenvalue weighted by molar-refractivity contribution is 0.660. The first-order valence-electron chi connectivity index (χ1n) is 16.8. The van der Waals surface area contributed by atoms with E-state index in [9.17, 15) is 0 Å². The number of fused-ring (bicyclic) bond motifs is 5. The van der Waals surface area contributed by atoms with E-state index in [1.54, 1.807) is 0 Å². The van der Waals surface area contributed by atoms with Crippen LogP contribution in [0.1, 0.15) is 25.0 Å². The first-order valence-corrected chi connectivity index (χ1v) is 16.8. The molecule has 1 heteroatoms. The monoisotopic (exact) mass is 613 g/mol. The molecule has 228 valence electrons. The summed E-state index contributed by atoms with van der Waals surface area (Å²) in [4.78, 5) is 2.48. The molecule has 1 aliphatic rings. The maximum atomic E-state index is 2.48. The molecule has 0 saturated heterocycles. The van der Waals surface area contributed by atoms with Crippen LogP contribution < -0.4 is 4.90 Å². The molecule has 0 radical (unpaired) electrons. The first-order chi connectivity index (χ1) is 23.6. The molecule has 0 unspecified atom stereocenters. The van der Waals surface area contributed by atoms with E-state index in [2.05, 4.69) is 195 Å². The third-order valence-corrected chi connectivity index (χ3v) is 10.2. The van der Waals surface area contributed by atoms with Crippen molar-refractivity contribution in [2.45, 2.75) is 19.3 Å². The standard InChI is InChI=1S/C47H35N/c1-47(2)42-20-8-7-19-41(42)46-43(47)21-11-23-45(46)48(44-22-10-15-35-13-5-6-18-40(35)44)39-17-9-16-37(31-39)33-24-26-34(27-25-33)38-29-28-32-12-3-4-14-36(32)30-38/h3-31H,1-2H3. The summed E-state index contributed by atoms with van der Waals surface area (Å²) in [5.74, 6) is 0. The number of nitrogens with zero attached hydrogens (tertiary/aromatic N) is 1. The molecule has 0 spiro atoms. The average Bonchev–Trinajstić information content (AvgIpc) is 3.38. The lowest BCUT2D eigenvalue weighted by Gasteiger charge is -2.30. The number of benzene rings is 8. The highest BCUT2D eigenvalue weighted by Gasteiger charge is 2.37. The van der Waals surface area contributed by atoms with Crippen LogP contribution in [0.4, 0.5) is 17.1 Å². The van der Waals surface area contributed by atoms with Crippen LogP contribution in [-0.2, 0) is 5.41 Å². The molecule has 0 amide bonds. The summed E-state index contributed by atoms with van der Waals surface area (Å²) in [6.07, 6.45) is 0. The van der Waals surface area contributed by atoms with Gasteiger partial charge in [-0.05, 0) is 85.4 Å². The van der Waals surface area contributed by atoms with Crippen LogP contribution in [0.3, 0.4) is 0 Å². The van der Waals surface area contributed by atoms with E-state index in [-0.39, 0.29) is 5.41 Å². The zero-order chi connectivity index (χ0) is 32.2. The summed E-state index contributed by atoms with van der Waals surface area (Å²) >= 11 is 0. The molecule has 8 aromatic carbocycles. The number of hydrogen-bond acceptors (Lipinski definition) is 1. The molecule has 1 nitrogen and oxygen atoms in total. The minimum Gasteiger partial charge on any atom is -0.309 e. The predicted molar refractivity (Wildman–Crippen MR) is 205 cm³/mol. The highest BCUT2D eigenvalue weighted by atomic mass is 15.1. The molecule has 0 saturated carbocycles. The van der Waals surface area contributed by atoms with E-state index < -0.39 is 0 Å². The third kappa shape index (κ3) is 4.54. The number of anilines is 3. The molecule has 48 heavy (non-hydrogen) atoms. The van der Waals surface area contributed by atoms with Crippen LogP contribution in [0.5, 0.6) is 0 Å². The van der Waals surface area contributed by atoms with Crippen LogP contribution in [0, 0.1) is 0 Å².